The Morgan fingerprint density at radius 2 is 1.89 bits per heavy atom. The van der Waals surface area contributed by atoms with E-state index in [0.29, 0.717) is 4.31 Å². The van der Waals surface area contributed by atoms with Gasteiger partial charge in [0.15, 0.2) is 12.7 Å². The normalized spacial score (nSPS) is 14.8. The molecule has 17 heteroatoms. The molecular weight excluding hydrogens is 657 g/mol. The number of nitrogens with zero attached hydrogens (tertiary/aromatic N) is 1. The summed E-state index contributed by atoms with van der Waals surface area (Å²) in [5.74, 6) is -4.17. The highest BCUT2D eigenvalue weighted by molar-refractivity contribution is 7.93. The Labute approximate surface area is 258 Å². The first kappa shape index (κ1) is 33.0. The van der Waals surface area contributed by atoms with E-state index < -0.39 is 63.7 Å². The molecule has 0 spiro atoms. The number of hydrogen-bond acceptors (Lipinski definition) is 7. The van der Waals surface area contributed by atoms with Crippen molar-refractivity contribution >= 4 is 50.7 Å². The van der Waals surface area contributed by atoms with Crippen LogP contribution in [0.3, 0.4) is 0 Å². The Hall–Kier alpha value is -3.95. The zero-order valence-electron chi connectivity index (χ0n) is 22.6. The molecule has 0 radical (unpaired) electrons. The van der Waals surface area contributed by atoms with Gasteiger partial charge in [-0.25, -0.2) is 12.8 Å². The molecule has 0 saturated heterocycles. The maximum Gasteiger partial charge on any atom is 0.450 e. The van der Waals surface area contributed by atoms with Gasteiger partial charge >= 0.3 is 6.18 Å². The zero-order valence-corrected chi connectivity index (χ0v) is 25.0. The molecule has 236 valence electrons. The van der Waals surface area contributed by atoms with E-state index in [1.165, 1.54) is 37.3 Å². The van der Waals surface area contributed by atoms with E-state index in [4.69, 9.17) is 32.7 Å². The molecule has 0 saturated carbocycles. The fraction of sp³-hybridized carbons (Fsp3) is 0.259. The number of anilines is 1. The van der Waals surface area contributed by atoms with Gasteiger partial charge in [-0.1, -0.05) is 29.8 Å². The van der Waals surface area contributed by atoms with Crippen LogP contribution in [0.2, 0.25) is 10.0 Å². The number of nitrogens with one attached hydrogen (secondary N) is 2. The second-order valence-corrected chi connectivity index (χ2v) is 12.0. The van der Waals surface area contributed by atoms with Gasteiger partial charge in [-0.2, -0.15) is 13.2 Å². The summed E-state index contributed by atoms with van der Waals surface area (Å²) in [6.07, 6.45) is -6.55. The van der Waals surface area contributed by atoms with E-state index in [9.17, 15) is 35.6 Å². The molecule has 2 amide bonds. The van der Waals surface area contributed by atoms with Crippen molar-refractivity contribution in [2.24, 2.45) is 0 Å². The van der Waals surface area contributed by atoms with Gasteiger partial charge in [0.05, 0.1) is 17.3 Å². The summed E-state index contributed by atoms with van der Waals surface area (Å²) in [4.78, 5) is 24.0. The van der Waals surface area contributed by atoms with Crippen molar-refractivity contribution < 1.29 is 49.5 Å². The first-order chi connectivity index (χ1) is 20.6. The maximum absolute atomic E-state index is 13.6. The Bertz CT molecular complexity index is 1710. The number of benzene rings is 2. The second kappa shape index (κ2) is 13.0. The number of ether oxygens (including phenoxy) is 2. The van der Waals surface area contributed by atoms with Gasteiger partial charge in [0.25, 0.3) is 21.8 Å². The summed E-state index contributed by atoms with van der Waals surface area (Å²) in [5, 5.41) is 4.92. The van der Waals surface area contributed by atoms with Gasteiger partial charge in [0.1, 0.15) is 28.0 Å². The van der Waals surface area contributed by atoms with Crippen LogP contribution in [-0.4, -0.2) is 46.0 Å². The van der Waals surface area contributed by atoms with Crippen LogP contribution in [0.4, 0.5) is 23.2 Å². The highest BCUT2D eigenvalue weighted by Crippen LogP contribution is 2.42. The minimum absolute atomic E-state index is 0.0389. The minimum Gasteiger partial charge on any atom is -0.484 e. The third-order valence-corrected chi connectivity index (χ3v) is 8.36. The van der Waals surface area contributed by atoms with Crippen LogP contribution in [0.25, 0.3) is 0 Å². The lowest BCUT2D eigenvalue weighted by Crippen LogP contribution is -2.51. The summed E-state index contributed by atoms with van der Waals surface area (Å²) in [6, 6.07) is 8.22. The van der Waals surface area contributed by atoms with E-state index in [1.54, 1.807) is 0 Å². The van der Waals surface area contributed by atoms with Crippen LogP contribution in [0.15, 0.2) is 64.1 Å². The molecule has 0 aliphatic carbocycles. The van der Waals surface area contributed by atoms with E-state index in [1.807, 2.05) is 0 Å². The molecule has 4 rings (SSSR count). The van der Waals surface area contributed by atoms with Gasteiger partial charge in [-0.05, 0) is 37.3 Å². The number of aryl methyl sites for hydroxylation is 1. The monoisotopic (exact) mass is 679 g/mol. The lowest BCUT2D eigenvalue weighted by molar-refractivity contribution is -0.155. The van der Waals surface area contributed by atoms with E-state index >= 15 is 0 Å². The van der Waals surface area contributed by atoms with Crippen molar-refractivity contribution in [3.05, 3.63) is 82.1 Å². The molecule has 0 fully saturated rings. The highest BCUT2D eigenvalue weighted by atomic mass is 35.5. The first-order valence-electron chi connectivity index (χ1n) is 12.6. The number of hydrogen-bond donors (Lipinski definition) is 2. The van der Waals surface area contributed by atoms with Crippen molar-refractivity contribution in [1.82, 2.24) is 10.6 Å². The van der Waals surface area contributed by atoms with Crippen molar-refractivity contribution in [3.8, 4) is 11.5 Å². The van der Waals surface area contributed by atoms with Crippen LogP contribution >= 0.6 is 23.2 Å². The SMILES string of the molecule is C=C(CCNC(=O)C1CN(S(=O)(=O)c2cc(C)oc2C(F)(F)F)c2cc(Cl)ccc2O1)NC(=O)COc1ccc(Cl)c(F)c1. The molecule has 10 nitrogen and oxygen atoms in total. The molecular formula is C27H23Cl2F4N3O7S. The molecule has 2 heterocycles. The Morgan fingerprint density at radius 1 is 1.16 bits per heavy atom. The van der Waals surface area contributed by atoms with Gasteiger partial charge in [0.2, 0.25) is 5.76 Å². The number of halogens is 6. The highest BCUT2D eigenvalue weighted by Gasteiger charge is 2.46. The largest absolute Gasteiger partial charge is 0.484 e. The molecule has 2 aromatic carbocycles. The zero-order chi connectivity index (χ0) is 32.4. The predicted molar refractivity (Wildman–Crippen MR) is 151 cm³/mol. The Kier molecular flexibility index (Phi) is 9.71. The molecule has 3 aromatic rings. The van der Waals surface area contributed by atoms with Crippen LogP contribution in [-0.2, 0) is 25.8 Å². The fourth-order valence-electron chi connectivity index (χ4n) is 4.05. The number of carbonyl (C=O) groups excluding carboxylic acids is 2. The molecule has 1 aliphatic rings. The molecule has 44 heavy (non-hydrogen) atoms. The van der Waals surface area contributed by atoms with Crippen molar-refractivity contribution in [2.75, 3.05) is 24.0 Å². The number of rotatable bonds is 10. The van der Waals surface area contributed by atoms with Crippen LogP contribution < -0.4 is 24.4 Å². The summed E-state index contributed by atoms with van der Waals surface area (Å²) < 4.78 is 97.5. The van der Waals surface area contributed by atoms with E-state index in [0.717, 1.165) is 12.1 Å². The van der Waals surface area contributed by atoms with Crippen LogP contribution in [0.1, 0.15) is 17.9 Å². The van der Waals surface area contributed by atoms with Crippen LogP contribution in [0, 0.1) is 12.7 Å². The number of alkyl halides is 3. The number of carbonyl (C=O) groups is 2. The Balaban J connectivity index is 1.40. The number of furan rings is 1. The molecule has 1 aromatic heterocycles. The minimum atomic E-state index is -5.12. The molecule has 1 unspecified atom stereocenters. The summed E-state index contributed by atoms with van der Waals surface area (Å²) in [7, 11) is -4.93. The third-order valence-electron chi connectivity index (χ3n) is 6.03. The number of amides is 2. The quantitative estimate of drug-likeness (QED) is 0.281. The van der Waals surface area contributed by atoms with Crippen LogP contribution in [0.5, 0.6) is 11.5 Å². The molecule has 0 bridgehead atoms. The lowest BCUT2D eigenvalue weighted by Gasteiger charge is -2.34. The number of sulfonamides is 1. The smallest absolute Gasteiger partial charge is 0.450 e. The maximum atomic E-state index is 13.6. The average molecular weight is 680 g/mol. The summed E-state index contributed by atoms with van der Waals surface area (Å²) in [6.45, 7) is 3.60. The van der Waals surface area contributed by atoms with E-state index in [-0.39, 0.29) is 51.7 Å². The standard InChI is InChI=1S/C27H23Cl2F4N3O7S/c1-14(35-24(37)13-41-17-4-5-18(29)19(30)11-17)7-8-34-26(38)22-12-36(20-10-16(28)3-6-21(20)43-22)44(39,40)23-9-15(2)42-25(23)27(31,32)33/h3-6,9-11,22H,1,7-8,12-13H2,2H3,(H,34,38)(H,35,37). The van der Waals surface area contributed by atoms with Gasteiger partial charge in [0, 0.05) is 35.8 Å². The first-order valence-corrected chi connectivity index (χ1v) is 14.8. The van der Waals surface area contributed by atoms with E-state index in [2.05, 4.69) is 21.6 Å². The molecule has 2 N–H and O–H groups in total. The summed E-state index contributed by atoms with van der Waals surface area (Å²) in [5.41, 5.74) is 0.0122. The third kappa shape index (κ3) is 7.57. The number of fused-ring (bicyclic) bond motifs is 1. The average Bonchev–Trinajstić information content (AvgIpc) is 3.36. The Morgan fingerprint density at radius 3 is 2.57 bits per heavy atom. The van der Waals surface area contributed by atoms with Gasteiger partial charge in [-0.15, -0.1) is 0 Å². The van der Waals surface area contributed by atoms with Gasteiger partial charge in [-0.3, -0.25) is 13.9 Å². The van der Waals surface area contributed by atoms with Gasteiger partial charge < -0.3 is 24.5 Å². The fourth-order valence-corrected chi connectivity index (χ4v) is 6.01. The summed E-state index contributed by atoms with van der Waals surface area (Å²) >= 11 is 11.6. The van der Waals surface area contributed by atoms with Crippen molar-refractivity contribution in [3.63, 3.8) is 0 Å². The molecule has 1 aliphatic heterocycles. The molecule has 1 atom stereocenters. The topological polar surface area (TPSA) is 127 Å². The van der Waals surface area contributed by atoms with Crippen molar-refractivity contribution in [2.45, 2.75) is 30.5 Å². The van der Waals surface area contributed by atoms with Crippen molar-refractivity contribution in [1.29, 1.82) is 0 Å². The second-order valence-electron chi connectivity index (χ2n) is 9.36. The predicted octanol–water partition coefficient (Wildman–Crippen LogP) is 5.22. The lowest BCUT2D eigenvalue weighted by atomic mass is 10.2.